The number of benzene rings is 2. The Labute approximate surface area is 143 Å². The predicted molar refractivity (Wildman–Crippen MR) is 83.2 cm³/mol. The van der Waals surface area contributed by atoms with Crippen molar-refractivity contribution in [2.24, 2.45) is 0 Å². The molecule has 2 rings (SSSR count). The molecule has 0 saturated heterocycles. The molecular weight excluding hydrogens is 332 g/mol. The van der Waals surface area contributed by atoms with Gasteiger partial charge in [0.2, 0.25) is 0 Å². The van der Waals surface area contributed by atoms with E-state index in [9.17, 15) is 4.79 Å². The van der Waals surface area contributed by atoms with E-state index in [2.05, 4.69) is 5.32 Å². The molecule has 2 aromatic carbocycles. The van der Waals surface area contributed by atoms with E-state index in [-0.39, 0.29) is 25.4 Å². The molecule has 1 N–H and O–H groups in total. The number of ether oxygens (including phenoxy) is 2. The third-order valence-corrected chi connectivity index (χ3v) is 2.84. The number of carbonyl (C=O) groups excluding carboxylic acids is 1. The number of nitrogens with one attached hydrogen (secondary N) is 1. The minimum absolute atomic E-state index is 0. The van der Waals surface area contributed by atoms with Gasteiger partial charge in [-0.25, -0.2) is 0 Å². The van der Waals surface area contributed by atoms with Crippen LogP contribution < -0.4 is 14.8 Å². The molecule has 0 heterocycles. The number of hydrogen-bond donors (Lipinski definition) is 1. The molecule has 0 unspecified atom stereocenters. The number of amides is 1. The number of anilines is 1. The third kappa shape index (κ3) is 4.57. The van der Waals surface area contributed by atoms with Crippen LogP contribution in [0.25, 0.3) is 0 Å². The topological polar surface area (TPSA) is 47.6 Å². The summed E-state index contributed by atoms with van der Waals surface area (Å²) in [6.07, 6.45) is 0. The fourth-order valence-electron chi connectivity index (χ4n) is 1.98. The van der Waals surface area contributed by atoms with Gasteiger partial charge < -0.3 is 14.8 Å². The van der Waals surface area contributed by atoms with Crippen molar-refractivity contribution in [1.82, 2.24) is 0 Å². The van der Waals surface area contributed by atoms with E-state index in [0.717, 1.165) is 5.69 Å². The summed E-state index contributed by atoms with van der Waals surface area (Å²) in [4.78, 5) is 12.4. The van der Waals surface area contributed by atoms with Crippen LogP contribution in [-0.4, -0.2) is 19.1 Å². The second-order valence-corrected chi connectivity index (χ2v) is 4.32. The van der Waals surface area contributed by atoms with Gasteiger partial charge >= 0.3 is 0 Å². The number of para-hydroxylation sites is 2. The van der Waals surface area contributed by atoms with Crippen molar-refractivity contribution >= 4 is 11.6 Å². The SMILES string of the molecule is CCOc1cccc(C(=O)Nc2ccccc2)c1OCC.[Zn]. The van der Waals surface area contributed by atoms with Crippen LogP contribution in [0.5, 0.6) is 11.5 Å². The Bertz CT molecular complexity index is 602. The molecule has 0 aliphatic rings. The average Bonchev–Trinajstić information content (AvgIpc) is 2.50. The van der Waals surface area contributed by atoms with E-state index in [4.69, 9.17) is 9.47 Å². The average molecular weight is 351 g/mol. The van der Waals surface area contributed by atoms with E-state index < -0.39 is 0 Å². The third-order valence-electron chi connectivity index (χ3n) is 2.84. The predicted octanol–water partition coefficient (Wildman–Crippen LogP) is 3.73. The van der Waals surface area contributed by atoms with Crippen LogP contribution in [0.3, 0.4) is 0 Å². The second kappa shape index (κ2) is 9.21. The van der Waals surface area contributed by atoms with Gasteiger partial charge in [-0.15, -0.1) is 0 Å². The monoisotopic (exact) mass is 349 g/mol. The molecule has 22 heavy (non-hydrogen) atoms. The van der Waals surface area contributed by atoms with Crippen molar-refractivity contribution in [2.75, 3.05) is 18.5 Å². The van der Waals surface area contributed by atoms with E-state index in [0.29, 0.717) is 30.3 Å². The summed E-state index contributed by atoms with van der Waals surface area (Å²) in [6, 6.07) is 14.6. The Morgan fingerprint density at radius 1 is 0.955 bits per heavy atom. The zero-order chi connectivity index (χ0) is 15.1. The van der Waals surface area contributed by atoms with Gasteiger partial charge in [-0.05, 0) is 38.1 Å². The van der Waals surface area contributed by atoms with Crippen molar-refractivity contribution < 1.29 is 33.7 Å². The van der Waals surface area contributed by atoms with Gasteiger partial charge in [0.25, 0.3) is 5.91 Å². The van der Waals surface area contributed by atoms with Crippen molar-refractivity contribution in [3.63, 3.8) is 0 Å². The van der Waals surface area contributed by atoms with Gasteiger partial charge in [-0.1, -0.05) is 24.3 Å². The zero-order valence-corrected chi connectivity index (χ0v) is 15.9. The maximum Gasteiger partial charge on any atom is 0.259 e. The minimum atomic E-state index is -0.216. The number of hydrogen-bond acceptors (Lipinski definition) is 3. The summed E-state index contributed by atoms with van der Waals surface area (Å²) in [5, 5.41) is 2.85. The standard InChI is InChI=1S/C17H19NO3.Zn/c1-3-20-15-12-8-11-14(16(15)21-4-2)17(19)18-13-9-6-5-7-10-13;/h5-12H,3-4H2,1-2H3,(H,18,19);. The molecule has 4 nitrogen and oxygen atoms in total. The maximum atomic E-state index is 12.4. The molecule has 1 amide bonds. The Morgan fingerprint density at radius 3 is 2.27 bits per heavy atom. The number of rotatable bonds is 6. The van der Waals surface area contributed by atoms with Crippen LogP contribution in [0, 0.1) is 0 Å². The fourth-order valence-corrected chi connectivity index (χ4v) is 1.98. The Morgan fingerprint density at radius 2 is 1.64 bits per heavy atom. The van der Waals surface area contributed by atoms with Crippen LogP contribution >= 0.6 is 0 Å². The molecule has 0 saturated carbocycles. The van der Waals surface area contributed by atoms with Crippen molar-refractivity contribution in [2.45, 2.75) is 13.8 Å². The zero-order valence-electron chi connectivity index (χ0n) is 13.0. The molecule has 0 atom stereocenters. The first-order valence-electron chi connectivity index (χ1n) is 7.01. The first kappa shape index (κ1) is 18.2. The van der Waals surface area contributed by atoms with E-state index in [1.54, 1.807) is 18.2 Å². The molecule has 0 fully saturated rings. The molecule has 2 aromatic rings. The van der Waals surface area contributed by atoms with Crippen LogP contribution in [0.2, 0.25) is 0 Å². The molecule has 0 aliphatic carbocycles. The van der Waals surface area contributed by atoms with Crippen LogP contribution in [0.1, 0.15) is 24.2 Å². The van der Waals surface area contributed by atoms with Gasteiger partial charge in [-0.2, -0.15) is 0 Å². The summed E-state index contributed by atoms with van der Waals surface area (Å²) in [5.41, 5.74) is 1.21. The minimum Gasteiger partial charge on any atom is -0.490 e. The fraction of sp³-hybridized carbons (Fsp3) is 0.235. The molecule has 0 bridgehead atoms. The summed E-state index contributed by atoms with van der Waals surface area (Å²) in [5.74, 6) is 0.849. The maximum absolute atomic E-state index is 12.4. The quantitative estimate of drug-likeness (QED) is 0.807. The Balaban J connectivity index is 0.00000242. The van der Waals surface area contributed by atoms with Crippen LogP contribution in [0.4, 0.5) is 5.69 Å². The first-order valence-corrected chi connectivity index (χ1v) is 7.01. The van der Waals surface area contributed by atoms with Crippen LogP contribution in [0.15, 0.2) is 48.5 Å². The van der Waals surface area contributed by atoms with Gasteiger partial charge in [-0.3, -0.25) is 4.79 Å². The summed E-state index contributed by atoms with van der Waals surface area (Å²) >= 11 is 0. The van der Waals surface area contributed by atoms with E-state index >= 15 is 0 Å². The summed E-state index contributed by atoms with van der Waals surface area (Å²) in [6.45, 7) is 4.76. The van der Waals surface area contributed by atoms with Crippen molar-refractivity contribution in [1.29, 1.82) is 0 Å². The molecule has 5 heteroatoms. The first-order chi connectivity index (χ1) is 10.3. The normalized spacial score (nSPS) is 9.55. The van der Waals surface area contributed by atoms with E-state index in [1.807, 2.05) is 44.2 Å². The van der Waals surface area contributed by atoms with Gasteiger partial charge in [0.05, 0.1) is 18.8 Å². The van der Waals surface area contributed by atoms with Crippen molar-refractivity contribution in [3.05, 3.63) is 54.1 Å². The van der Waals surface area contributed by atoms with E-state index in [1.165, 1.54) is 0 Å². The van der Waals surface area contributed by atoms with Crippen LogP contribution in [-0.2, 0) is 19.5 Å². The molecule has 112 valence electrons. The molecule has 0 spiro atoms. The molecular formula is C17H19NO3Zn. The van der Waals surface area contributed by atoms with Gasteiger partial charge in [0, 0.05) is 25.2 Å². The molecule has 0 aromatic heterocycles. The van der Waals surface area contributed by atoms with Gasteiger partial charge in [0.15, 0.2) is 11.5 Å². The van der Waals surface area contributed by atoms with Gasteiger partial charge in [0.1, 0.15) is 0 Å². The smallest absolute Gasteiger partial charge is 0.259 e. The summed E-state index contributed by atoms with van der Waals surface area (Å²) < 4.78 is 11.1. The second-order valence-electron chi connectivity index (χ2n) is 4.32. The molecule has 0 aliphatic heterocycles. The largest absolute Gasteiger partial charge is 0.490 e. The number of carbonyl (C=O) groups is 1. The Kier molecular flexibility index (Phi) is 7.61. The summed E-state index contributed by atoms with van der Waals surface area (Å²) in [7, 11) is 0. The molecule has 0 radical (unpaired) electrons. The van der Waals surface area contributed by atoms with Crippen molar-refractivity contribution in [3.8, 4) is 11.5 Å². The Hall–Kier alpha value is -1.87.